The van der Waals surface area contributed by atoms with Gasteiger partial charge in [0, 0.05) is 42.3 Å². The number of amides is 1. The number of nitrogens with zero attached hydrogens (tertiary/aromatic N) is 4. The van der Waals surface area contributed by atoms with Gasteiger partial charge in [-0.05, 0) is 23.7 Å². The predicted octanol–water partition coefficient (Wildman–Crippen LogP) is 2.55. The van der Waals surface area contributed by atoms with E-state index in [0.29, 0.717) is 11.3 Å². The molecule has 0 bridgehead atoms. The molecule has 20 heavy (non-hydrogen) atoms. The molecular weight excluding hydrogens is 328 g/mol. The van der Waals surface area contributed by atoms with Crippen molar-refractivity contribution in [2.24, 2.45) is 5.11 Å². The first kappa shape index (κ1) is 14.8. The van der Waals surface area contributed by atoms with Gasteiger partial charge in [0.05, 0.1) is 5.69 Å². The zero-order chi connectivity index (χ0) is 14.8. The summed E-state index contributed by atoms with van der Waals surface area (Å²) in [6.45, 7) is 0.452. The molecule has 0 aliphatic carbocycles. The molecule has 0 saturated carbocycles. The van der Waals surface area contributed by atoms with Gasteiger partial charge in [-0.15, -0.1) is 0 Å². The number of hydrogen-bond donors (Lipinski definition) is 0. The molecule has 0 fully saturated rings. The van der Waals surface area contributed by atoms with E-state index in [4.69, 9.17) is 15.0 Å². The topological polar surface area (TPSA) is 87.5 Å². The summed E-state index contributed by atoms with van der Waals surface area (Å²) in [6, 6.07) is 5.41. The van der Waals surface area contributed by atoms with Crippen LogP contribution < -0.4 is 4.90 Å². The smallest absolute Gasteiger partial charge is 0.292 e. The highest BCUT2D eigenvalue weighted by Gasteiger charge is 2.52. The van der Waals surface area contributed by atoms with Crippen LogP contribution >= 0.6 is 15.9 Å². The number of fused-ring (bicyclic) bond motifs is 1. The van der Waals surface area contributed by atoms with E-state index in [-0.39, 0.29) is 19.0 Å². The van der Waals surface area contributed by atoms with Gasteiger partial charge in [-0.2, -0.15) is 0 Å². The highest BCUT2D eigenvalue weighted by atomic mass is 79.9. The maximum atomic E-state index is 12.6. The lowest BCUT2D eigenvalue weighted by atomic mass is 10.1. The van der Waals surface area contributed by atoms with Crippen molar-refractivity contribution in [1.82, 2.24) is 0 Å². The van der Waals surface area contributed by atoms with Crippen LogP contribution in [0.2, 0.25) is 0 Å². The number of ether oxygens (including phenoxy) is 2. The minimum absolute atomic E-state index is 0.182. The molecule has 0 saturated heterocycles. The third-order valence-corrected chi connectivity index (χ3v) is 3.69. The molecule has 7 nitrogen and oxygen atoms in total. The lowest BCUT2D eigenvalue weighted by Gasteiger charge is -2.25. The summed E-state index contributed by atoms with van der Waals surface area (Å²) >= 11 is 3.37. The van der Waals surface area contributed by atoms with Gasteiger partial charge in [-0.25, -0.2) is 0 Å². The second kappa shape index (κ2) is 5.80. The van der Waals surface area contributed by atoms with Gasteiger partial charge >= 0.3 is 0 Å². The van der Waals surface area contributed by atoms with Crippen LogP contribution in [-0.4, -0.2) is 33.2 Å². The highest BCUT2D eigenvalue weighted by Crippen LogP contribution is 2.43. The van der Waals surface area contributed by atoms with Gasteiger partial charge in [-0.1, -0.05) is 21.0 Å². The van der Waals surface area contributed by atoms with Crippen LogP contribution in [0.25, 0.3) is 10.4 Å². The number of anilines is 1. The molecule has 1 aromatic carbocycles. The lowest BCUT2D eigenvalue weighted by molar-refractivity contribution is -0.209. The monoisotopic (exact) mass is 340 g/mol. The van der Waals surface area contributed by atoms with E-state index in [1.54, 1.807) is 12.1 Å². The Balaban J connectivity index is 2.49. The summed E-state index contributed by atoms with van der Waals surface area (Å²) in [7, 11) is 2.84. The van der Waals surface area contributed by atoms with Gasteiger partial charge in [0.25, 0.3) is 11.7 Å². The van der Waals surface area contributed by atoms with Crippen molar-refractivity contribution in [2.45, 2.75) is 5.79 Å². The Labute approximate surface area is 124 Å². The summed E-state index contributed by atoms with van der Waals surface area (Å²) in [6.07, 6.45) is 0. The average molecular weight is 341 g/mol. The molecule has 0 unspecified atom stereocenters. The summed E-state index contributed by atoms with van der Waals surface area (Å²) in [5.74, 6) is -1.78. The van der Waals surface area contributed by atoms with E-state index < -0.39 is 5.79 Å². The largest absolute Gasteiger partial charge is 0.342 e. The molecule has 106 valence electrons. The molecule has 1 aliphatic heterocycles. The van der Waals surface area contributed by atoms with Gasteiger partial charge < -0.3 is 14.4 Å². The van der Waals surface area contributed by atoms with Crippen molar-refractivity contribution in [2.75, 3.05) is 32.2 Å². The normalized spacial score (nSPS) is 15.9. The van der Waals surface area contributed by atoms with Crippen molar-refractivity contribution in [3.63, 3.8) is 0 Å². The molecule has 2 rings (SSSR count). The van der Waals surface area contributed by atoms with Crippen LogP contribution in [0.5, 0.6) is 0 Å². The van der Waals surface area contributed by atoms with Gasteiger partial charge in [0.1, 0.15) is 0 Å². The average Bonchev–Trinajstić information content (AvgIpc) is 2.68. The minimum atomic E-state index is -1.45. The summed E-state index contributed by atoms with van der Waals surface area (Å²) < 4.78 is 11.5. The van der Waals surface area contributed by atoms with Crippen molar-refractivity contribution >= 4 is 27.5 Å². The fourth-order valence-electron chi connectivity index (χ4n) is 2.30. The Morgan fingerprint density at radius 1 is 1.45 bits per heavy atom. The zero-order valence-corrected chi connectivity index (χ0v) is 12.6. The third-order valence-electron chi connectivity index (χ3n) is 3.19. The Kier molecular flexibility index (Phi) is 4.29. The van der Waals surface area contributed by atoms with Crippen LogP contribution in [0.1, 0.15) is 5.56 Å². The molecule has 0 atom stereocenters. The number of halogens is 1. The lowest BCUT2D eigenvalue weighted by Crippen LogP contribution is -2.44. The minimum Gasteiger partial charge on any atom is -0.342 e. The van der Waals surface area contributed by atoms with E-state index in [0.717, 1.165) is 4.47 Å². The van der Waals surface area contributed by atoms with Gasteiger partial charge in [0.2, 0.25) is 0 Å². The first-order valence-electron chi connectivity index (χ1n) is 5.84. The Morgan fingerprint density at radius 2 is 2.15 bits per heavy atom. The molecule has 0 radical (unpaired) electrons. The Morgan fingerprint density at radius 3 is 2.75 bits per heavy atom. The molecule has 1 amide bonds. The maximum absolute atomic E-state index is 12.6. The predicted molar refractivity (Wildman–Crippen MR) is 76.2 cm³/mol. The Hall–Kier alpha value is -1.60. The van der Waals surface area contributed by atoms with Gasteiger partial charge in [-0.3, -0.25) is 4.79 Å². The number of carbonyl (C=O) groups excluding carboxylic acids is 1. The van der Waals surface area contributed by atoms with Crippen LogP contribution in [-0.2, 0) is 20.1 Å². The van der Waals surface area contributed by atoms with E-state index in [2.05, 4.69) is 26.0 Å². The van der Waals surface area contributed by atoms with Crippen LogP contribution in [0.15, 0.2) is 27.8 Å². The second-order valence-electron chi connectivity index (χ2n) is 4.10. The standard InChI is InChI=1S/C12H13BrN4O3/c1-19-12(20-2)9-7-8(13)3-4-10(9)17(11(12)18)6-5-15-16-14/h3-4,7H,5-6H2,1-2H3. The summed E-state index contributed by atoms with van der Waals surface area (Å²) in [5.41, 5.74) is 9.65. The number of carbonyl (C=O) groups is 1. The summed E-state index contributed by atoms with van der Waals surface area (Å²) in [4.78, 5) is 16.8. The van der Waals surface area contributed by atoms with E-state index in [1.807, 2.05) is 6.07 Å². The molecule has 1 aliphatic rings. The van der Waals surface area contributed by atoms with E-state index in [9.17, 15) is 4.79 Å². The van der Waals surface area contributed by atoms with Crippen LogP contribution in [0.3, 0.4) is 0 Å². The molecule has 1 heterocycles. The number of azide groups is 1. The Bertz CT molecular complexity index is 582. The molecular formula is C12H13BrN4O3. The number of methoxy groups -OCH3 is 2. The van der Waals surface area contributed by atoms with Crippen molar-refractivity contribution in [3.05, 3.63) is 38.7 Å². The third kappa shape index (κ3) is 2.16. The van der Waals surface area contributed by atoms with E-state index >= 15 is 0 Å². The maximum Gasteiger partial charge on any atom is 0.292 e. The molecule has 0 spiro atoms. The fraction of sp³-hybridized carbons (Fsp3) is 0.417. The SMILES string of the molecule is COC1(OC)C(=O)N(CCN=[N+]=[N-])c2ccc(Br)cc21. The number of benzene rings is 1. The van der Waals surface area contributed by atoms with Crippen molar-refractivity contribution in [1.29, 1.82) is 0 Å². The number of hydrogen-bond acceptors (Lipinski definition) is 4. The van der Waals surface area contributed by atoms with Crippen LogP contribution in [0.4, 0.5) is 5.69 Å². The highest BCUT2D eigenvalue weighted by molar-refractivity contribution is 9.10. The number of rotatable bonds is 5. The second-order valence-corrected chi connectivity index (χ2v) is 5.01. The van der Waals surface area contributed by atoms with Gasteiger partial charge in [0.15, 0.2) is 0 Å². The summed E-state index contributed by atoms with van der Waals surface area (Å²) in [5, 5.41) is 3.46. The first-order valence-corrected chi connectivity index (χ1v) is 6.63. The van der Waals surface area contributed by atoms with Crippen molar-refractivity contribution in [3.8, 4) is 0 Å². The van der Waals surface area contributed by atoms with Crippen molar-refractivity contribution < 1.29 is 14.3 Å². The fourth-order valence-corrected chi connectivity index (χ4v) is 2.66. The van der Waals surface area contributed by atoms with E-state index in [1.165, 1.54) is 19.1 Å². The zero-order valence-electron chi connectivity index (χ0n) is 11.0. The molecule has 1 aromatic rings. The first-order chi connectivity index (χ1) is 9.60. The quantitative estimate of drug-likeness (QED) is 0.357. The van der Waals surface area contributed by atoms with Crippen LogP contribution in [0, 0.1) is 0 Å². The molecule has 0 aromatic heterocycles. The molecule has 0 N–H and O–H groups in total. The molecule has 8 heteroatoms.